The summed E-state index contributed by atoms with van der Waals surface area (Å²) in [5.41, 5.74) is 0.881. The monoisotopic (exact) mass is 440 g/mol. The molecule has 3 aromatic rings. The average Bonchev–Trinajstić information content (AvgIpc) is 3.09. The molecule has 2 atom stereocenters. The van der Waals surface area contributed by atoms with Crippen LogP contribution in [0.25, 0.3) is 0 Å². The number of carboxylic acids is 1. The third-order valence-electron chi connectivity index (χ3n) is 7.27. The van der Waals surface area contributed by atoms with Gasteiger partial charge in [-0.1, -0.05) is 48.5 Å². The first-order chi connectivity index (χ1) is 15.9. The number of carboxylic acid groups (broad SMARTS) is 1. The van der Waals surface area contributed by atoms with E-state index in [4.69, 9.17) is 0 Å². The number of imide groups is 1. The standard InChI is InChI=1S/C25H16N2O6/c28-22-20-19-15-5-1-3-7-17(15)25(24(30)31,18-8-4-2-6-16(18)19)21(20)23(29)26(22)13-9-11-14(12-10-13)27(32)33/h1-12,19-21H,(H,30,31)/t19?,20-,21+,25?/m1/s1. The Morgan fingerprint density at radius 3 is 1.94 bits per heavy atom. The SMILES string of the molecule is O=C1[C@@H]2C3c4ccccc4C(C(=O)O)(c4ccccc43)[C@@H]2C(=O)N1c1ccc([N+](=O)[O-])cc1. The Kier molecular flexibility index (Phi) is 3.73. The molecule has 2 amide bonds. The zero-order chi connectivity index (χ0) is 23.1. The van der Waals surface area contributed by atoms with Crippen LogP contribution < -0.4 is 4.90 Å². The van der Waals surface area contributed by atoms with Gasteiger partial charge in [0, 0.05) is 18.1 Å². The van der Waals surface area contributed by atoms with E-state index in [-0.39, 0.29) is 11.4 Å². The molecule has 8 nitrogen and oxygen atoms in total. The third kappa shape index (κ3) is 2.17. The van der Waals surface area contributed by atoms with Crippen LogP contribution in [-0.2, 0) is 19.8 Å². The number of non-ortho nitro benzene ring substituents is 1. The van der Waals surface area contributed by atoms with Gasteiger partial charge in [-0.05, 0) is 34.4 Å². The van der Waals surface area contributed by atoms with E-state index < -0.39 is 45.9 Å². The Bertz CT molecular complexity index is 1350. The predicted octanol–water partition coefficient (Wildman–Crippen LogP) is 3.23. The summed E-state index contributed by atoms with van der Waals surface area (Å²) in [4.78, 5) is 52.0. The molecule has 2 bridgehead atoms. The summed E-state index contributed by atoms with van der Waals surface area (Å²) in [6.45, 7) is 0. The van der Waals surface area contributed by atoms with Gasteiger partial charge in [0.25, 0.3) is 5.69 Å². The van der Waals surface area contributed by atoms with Crippen LogP contribution in [0, 0.1) is 22.0 Å². The largest absolute Gasteiger partial charge is 0.480 e. The molecule has 162 valence electrons. The molecule has 33 heavy (non-hydrogen) atoms. The van der Waals surface area contributed by atoms with Gasteiger partial charge in [0.05, 0.1) is 22.4 Å². The summed E-state index contributed by atoms with van der Waals surface area (Å²) in [6, 6.07) is 19.4. The number of nitro benzene ring substituents is 1. The summed E-state index contributed by atoms with van der Waals surface area (Å²) >= 11 is 0. The van der Waals surface area contributed by atoms with Gasteiger partial charge in [0.1, 0.15) is 5.41 Å². The maximum atomic E-state index is 13.8. The average molecular weight is 440 g/mol. The van der Waals surface area contributed by atoms with Gasteiger partial charge in [-0.3, -0.25) is 24.5 Å². The second kappa shape index (κ2) is 6.35. The Morgan fingerprint density at radius 2 is 1.42 bits per heavy atom. The molecule has 7 rings (SSSR count). The maximum Gasteiger partial charge on any atom is 0.319 e. The maximum absolute atomic E-state index is 13.8. The highest BCUT2D eigenvalue weighted by Gasteiger charge is 2.71. The van der Waals surface area contributed by atoms with Crippen molar-refractivity contribution in [2.75, 3.05) is 4.90 Å². The second-order valence-electron chi connectivity index (χ2n) is 8.55. The topological polar surface area (TPSA) is 118 Å². The van der Waals surface area contributed by atoms with Gasteiger partial charge in [-0.25, -0.2) is 4.90 Å². The molecule has 1 heterocycles. The van der Waals surface area contributed by atoms with Gasteiger partial charge in [0.2, 0.25) is 11.8 Å². The predicted molar refractivity (Wildman–Crippen MR) is 116 cm³/mol. The normalized spacial score (nSPS) is 26.5. The van der Waals surface area contributed by atoms with E-state index in [1.807, 2.05) is 24.3 Å². The number of rotatable bonds is 3. The second-order valence-corrected chi connectivity index (χ2v) is 8.55. The fourth-order valence-corrected chi connectivity index (χ4v) is 6.11. The summed E-state index contributed by atoms with van der Waals surface area (Å²) < 4.78 is 0. The first-order valence-corrected chi connectivity index (χ1v) is 10.4. The Balaban J connectivity index is 1.61. The van der Waals surface area contributed by atoms with E-state index in [0.29, 0.717) is 11.1 Å². The molecule has 0 saturated carbocycles. The number of nitrogens with zero attached hydrogens (tertiary/aromatic N) is 2. The summed E-state index contributed by atoms with van der Waals surface area (Å²) in [6.07, 6.45) is 0. The van der Waals surface area contributed by atoms with Gasteiger partial charge in [0.15, 0.2) is 0 Å². The Hall–Kier alpha value is -4.33. The van der Waals surface area contributed by atoms with Crippen LogP contribution in [0.3, 0.4) is 0 Å². The summed E-state index contributed by atoms with van der Waals surface area (Å²) in [5, 5.41) is 21.7. The zero-order valence-electron chi connectivity index (χ0n) is 17.0. The molecular weight excluding hydrogens is 424 g/mol. The number of hydrogen-bond acceptors (Lipinski definition) is 5. The van der Waals surface area contributed by atoms with Crippen LogP contribution in [0.5, 0.6) is 0 Å². The van der Waals surface area contributed by atoms with Crippen molar-refractivity contribution in [3.63, 3.8) is 0 Å². The highest BCUT2D eigenvalue weighted by atomic mass is 16.6. The third-order valence-corrected chi connectivity index (χ3v) is 7.27. The van der Waals surface area contributed by atoms with E-state index in [2.05, 4.69) is 0 Å². The molecular formula is C25H16N2O6. The molecule has 8 heteroatoms. The molecule has 1 fully saturated rings. The summed E-state index contributed by atoms with van der Waals surface area (Å²) in [7, 11) is 0. The van der Waals surface area contributed by atoms with Crippen LogP contribution in [-0.4, -0.2) is 27.8 Å². The van der Waals surface area contributed by atoms with Gasteiger partial charge in [-0.15, -0.1) is 0 Å². The van der Waals surface area contributed by atoms with Crippen molar-refractivity contribution < 1.29 is 24.4 Å². The first-order valence-electron chi connectivity index (χ1n) is 10.4. The summed E-state index contributed by atoms with van der Waals surface area (Å²) in [5.74, 6) is -4.72. The van der Waals surface area contributed by atoms with E-state index in [0.717, 1.165) is 16.0 Å². The number of hydrogen-bond donors (Lipinski definition) is 1. The highest BCUT2D eigenvalue weighted by molar-refractivity contribution is 6.25. The number of carbonyl (C=O) groups excluding carboxylic acids is 2. The number of carbonyl (C=O) groups is 3. The lowest BCUT2D eigenvalue weighted by Crippen LogP contribution is -2.57. The van der Waals surface area contributed by atoms with Crippen LogP contribution >= 0.6 is 0 Å². The van der Waals surface area contributed by atoms with Gasteiger partial charge < -0.3 is 5.11 Å². The fraction of sp³-hybridized carbons (Fsp3) is 0.160. The van der Waals surface area contributed by atoms with Crippen molar-refractivity contribution in [1.29, 1.82) is 0 Å². The minimum absolute atomic E-state index is 0.169. The van der Waals surface area contributed by atoms with Crippen molar-refractivity contribution in [2.24, 2.45) is 11.8 Å². The molecule has 0 unspecified atom stereocenters. The number of amides is 2. The van der Waals surface area contributed by atoms with Crippen LogP contribution in [0.2, 0.25) is 0 Å². The van der Waals surface area contributed by atoms with Crippen molar-refractivity contribution in [3.8, 4) is 0 Å². The van der Waals surface area contributed by atoms with Crippen molar-refractivity contribution in [1.82, 2.24) is 0 Å². The van der Waals surface area contributed by atoms with Crippen LogP contribution in [0.4, 0.5) is 11.4 Å². The molecule has 4 aliphatic rings. The number of aliphatic carboxylic acids is 1. The Morgan fingerprint density at radius 1 is 0.879 bits per heavy atom. The highest BCUT2D eigenvalue weighted by Crippen LogP contribution is 2.64. The van der Waals surface area contributed by atoms with Crippen molar-refractivity contribution >= 4 is 29.2 Å². The molecule has 1 N–H and O–H groups in total. The van der Waals surface area contributed by atoms with Gasteiger partial charge >= 0.3 is 5.97 Å². The molecule has 1 aliphatic heterocycles. The van der Waals surface area contributed by atoms with E-state index in [1.165, 1.54) is 24.3 Å². The first kappa shape index (κ1) is 19.4. The van der Waals surface area contributed by atoms with E-state index in [9.17, 15) is 29.6 Å². The molecule has 0 spiro atoms. The molecule has 0 radical (unpaired) electrons. The Labute approximate surface area is 187 Å². The molecule has 3 aromatic carbocycles. The fourth-order valence-electron chi connectivity index (χ4n) is 6.11. The minimum atomic E-state index is -1.70. The number of benzene rings is 3. The van der Waals surface area contributed by atoms with Crippen molar-refractivity contribution in [2.45, 2.75) is 11.3 Å². The lowest BCUT2D eigenvalue weighted by Gasteiger charge is -2.51. The minimum Gasteiger partial charge on any atom is -0.480 e. The number of anilines is 1. The van der Waals surface area contributed by atoms with E-state index >= 15 is 0 Å². The molecule has 3 aliphatic carbocycles. The zero-order valence-corrected chi connectivity index (χ0v) is 17.0. The smallest absolute Gasteiger partial charge is 0.319 e. The lowest BCUT2D eigenvalue weighted by molar-refractivity contribution is -0.384. The van der Waals surface area contributed by atoms with Crippen molar-refractivity contribution in [3.05, 3.63) is 105 Å². The molecule has 0 aromatic heterocycles. The van der Waals surface area contributed by atoms with E-state index in [1.54, 1.807) is 24.3 Å². The molecule has 1 saturated heterocycles. The lowest BCUT2D eigenvalue weighted by atomic mass is 9.47. The van der Waals surface area contributed by atoms with Gasteiger partial charge in [-0.2, -0.15) is 0 Å². The van der Waals surface area contributed by atoms with Crippen LogP contribution in [0.1, 0.15) is 28.2 Å². The van der Waals surface area contributed by atoms with Crippen LogP contribution in [0.15, 0.2) is 72.8 Å². The quantitative estimate of drug-likeness (QED) is 0.380. The number of nitro groups is 1.